The Balaban J connectivity index is 1.64. The number of carbonyl (C=O) groups is 1. The molecule has 14 heteroatoms. The molecule has 0 aromatic carbocycles. The van der Waals surface area contributed by atoms with Gasteiger partial charge in [-0.2, -0.15) is 0 Å². The molecule has 0 aromatic rings. The van der Waals surface area contributed by atoms with Gasteiger partial charge in [0.15, 0.2) is 12.6 Å². The van der Waals surface area contributed by atoms with Crippen molar-refractivity contribution in [3.63, 3.8) is 0 Å². The van der Waals surface area contributed by atoms with E-state index in [9.17, 15) is 45.6 Å². The van der Waals surface area contributed by atoms with Crippen LogP contribution in [0, 0.1) is 0 Å². The zero-order valence-electron chi connectivity index (χ0n) is 48.8. The van der Waals surface area contributed by atoms with Crippen molar-refractivity contribution in [2.45, 2.75) is 370 Å². The van der Waals surface area contributed by atoms with Gasteiger partial charge in [-0.15, -0.1) is 0 Å². The van der Waals surface area contributed by atoms with Gasteiger partial charge in [0.1, 0.15) is 48.8 Å². The third kappa shape index (κ3) is 33.7. The number of nitrogens with one attached hydrogen (secondary N) is 1. The van der Waals surface area contributed by atoms with E-state index in [1.165, 1.54) is 218 Å². The van der Waals surface area contributed by atoms with Gasteiger partial charge in [0.2, 0.25) is 5.91 Å². The molecule has 2 aliphatic heterocycles. The second-order valence-electron chi connectivity index (χ2n) is 23.3. The average molecular weight is 1090 g/mol. The summed E-state index contributed by atoms with van der Waals surface area (Å²) in [6, 6.07) is -0.822. The van der Waals surface area contributed by atoms with E-state index in [0.29, 0.717) is 12.8 Å². The topological polar surface area (TPSA) is 228 Å². The molecule has 2 heterocycles. The summed E-state index contributed by atoms with van der Waals surface area (Å²) in [6.07, 6.45) is 38.4. The molecule has 2 saturated heterocycles. The highest BCUT2D eigenvalue weighted by Crippen LogP contribution is 2.30. The maximum Gasteiger partial charge on any atom is 0.220 e. The zero-order chi connectivity index (χ0) is 55.3. The maximum atomic E-state index is 13.3. The fourth-order valence-electron chi connectivity index (χ4n) is 11.1. The van der Waals surface area contributed by atoms with Gasteiger partial charge in [0, 0.05) is 6.42 Å². The van der Waals surface area contributed by atoms with E-state index in [1.54, 1.807) is 0 Å². The van der Waals surface area contributed by atoms with Crippen molar-refractivity contribution < 1.29 is 64.6 Å². The summed E-state index contributed by atoms with van der Waals surface area (Å²) in [5, 5.41) is 87.3. The van der Waals surface area contributed by atoms with Crippen molar-refractivity contribution in [3.05, 3.63) is 0 Å². The first-order chi connectivity index (χ1) is 37.1. The fourth-order valence-corrected chi connectivity index (χ4v) is 11.1. The van der Waals surface area contributed by atoms with Gasteiger partial charge in [-0.05, 0) is 12.8 Å². The van der Waals surface area contributed by atoms with Crippen molar-refractivity contribution in [2.75, 3.05) is 19.8 Å². The molecule has 14 nitrogen and oxygen atoms in total. The Morgan fingerprint density at radius 2 is 0.750 bits per heavy atom. The molecule has 452 valence electrons. The average Bonchev–Trinajstić information content (AvgIpc) is 3.42. The summed E-state index contributed by atoms with van der Waals surface area (Å²) >= 11 is 0. The van der Waals surface area contributed by atoms with E-state index < -0.39 is 86.8 Å². The lowest BCUT2D eigenvalue weighted by Gasteiger charge is -2.46. The summed E-state index contributed by atoms with van der Waals surface area (Å²) in [5.74, 6) is -0.200. The SMILES string of the molecule is CCCCCCCCCCCCCCCCCCCCCCCCCCCCCCCC(=O)N[C@@H](CO[C@@H]1O[C@H](CO)[C@@H](O[C@@H]2O[C@H](CO)[C@H](O)C(O)C2O)C(O)C1O)[C@H](O)CCCCCCCCCCCCCCC. The number of aliphatic hydroxyl groups is 8. The first-order valence-electron chi connectivity index (χ1n) is 32.3. The van der Waals surface area contributed by atoms with Crippen LogP contribution in [0.4, 0.5) is 0 Å². The van der Waals surface area contributed by atoms with E-state index in [4.69, 9.17) is 18.9 Å². The van der Waals surface area contributed by atoms with E-state index >= 15 is 0 Å². The monoisotopic (exact) mass is 1090 g/mol. The highest BCUT2D eigenvalue weighted by molar-refractivity contribution is 5.76. The highest BCUT2D eigenvalue weighted by Gasteiger charge is 2.51. The van der Waals surface area contributed by atoms with Crippen molar-refractivity contribution in [1.29, 1.82) is 0 Å². The van der Waals surface area contributed by atoms with Crippen molar-refractivity contribution in [2.24, 2.45) is 0 Å². The minimum atomic E-state index is -1.78. The van der Waals surface area contributed by atoms with Gasteiger partial charge < -0.3 is 65.1 Å². The molecule has 0 radical (unpaired) electrons. The number of hydrogen-bond donors (Lipinski definition) is 9. The van der Waals surface area contributed by atoms with Crippen molar-refractivity contribution in [3.8, 4) is 0 Å². The third-order valence-corrected chi connectivity index (χ3v) is 16.3. The molecule has 9 N–H and O–H groups in total. The quantitative estimate of drug-likeness (QED) is 0.0259. The second-order valence-corrected chi connectivity index (χ2v) is 23.3. The molecular formula is C62H121NO13. The Bertz CT molecular complexity index is 1280. The molecule has 0 aliphatic carbocycles. The van der Waals surface area contributed by atoms with Gasteiger partial charge in [0.25, 0.3) is 0 Å². The third-order valence-electron chi connectivity index (χ3n) is 16.3. The molecule has 4 unspecified atom stereocenters. The number of rotatable bonds is 53. The lowest BCUT2D eigenvalue weighted by molar-refractivity contribution is -0.359. The standard InChI is InChI=1S/C62H121NO13/c1-3-5-7-9-11-13-15-17-18-19-20-21-22-23-24-25-26-27-28-29-30-31-32-34-36-38-40-42-44-46-54(67)63-50(51(66)45-43-41-39-37-35-33-16-14-12-10-8-6-4-2)49-73-61-59(72)57(70)60(53(48-65)75-61)76-62-58(71)56(69)55(68)52(47-64)74-62/h50-53,55-62,64-66,68-72H,3-49H2,1-2H3,(H,63,67)/t50-,51+,52+,53+,55-,56?,57?,58?,59?,60+,61+,62-/m0/s1. The number of amides is 1. The van der Waals surface area contributed by atoms with Crippen LogP contribution in [-0.4, -0.2) is 140 Å². The lowest BCUT2D eigenvalue weighted by atomic mass is 9.97. The van der Waals surface area contributed by atoms with Gasteiger partial charge in [-0.1, -0.05) is 277 Å². The van der Waals surface area contributed by atoms with Crippen LogP contribution in [0.1, 0.15) is 296 Å². The number of aliphatic hydroxyl groups excluding tert-OH is 8. The van der Waals surface area contributed by atoms with E-state index in [1.807, 2.05) is 0 Å². The van der Waals surface area contributed by atoms with Crippen LogP contribution in [0.2, 0.25) is 0 Å². The molecule has 0 saturated carbocycles. The Morgan fingerprint density at radius 1 is 0.421 bits per heavy atom. The molecular weight excluding hydrogens is 967 g/mol. The van der Waals surface area contributed by atoms with Gasteiger partial charge in [0.05, 0.1) is 32.0 Å². The van der Waals surface area contributed by atoms with Crippen LogP contribution in [0.25, 0.3) is 0 Å². The molecule has 0 spiro atoms. The minimum absolute atomic E-state index is 0.200. The largest absolute Gasteiger partial charge is 0.394 e. The molecule has 2 fully saturated rings. The summed E-state index contributed by atoms with van der Waals surface area (Å²) in [4.78, 5) is 13.3. The predicted molar refractivity (Wildman–Crippen MR) is 305 cm³/mol. The van der Waals surface area contributed by atoms with Gasteiger partial charge >= 0.3 is 0 Å². The Hall–Kier alpha value is -1.01. The Labute approximate surface area is 464 Å². The first kappa shape index (κ1) is 71.1. The Kier molecular flexibility index (Phi) is 45.5. The molecule has 2 aliphatic rings. The molecule has 76 heavy (non-hydrogen) atoms. The van der Waals surface area contributed by atoms with Crippen molar-refractivity contribution >= 4 is 5.91 Å². The Morgan fingerprint density at radius 3 is 1.12 bits per heavy atom. The predicted octanol–water partition coefficient (Wildman–Crippen LogP) is 11.7. The van der Waals surface area contributed by atoms with E-state index in [0.717, 1.165) is 51.4 Å². The lowest BCUT2D eigenvalue weighted by Crippen LogP contribution is -2.65. The normalized spacial score (nSPS) is 24.8. The number of hydrogen-bond acceptors (Lipinski definition) is 13. The number of unbranched alkanes of at least 4 members (excludes halogenated alkanes) is 40. The van der Waals surface area contributed by atoms with Gasteiger partial charge in [-0.25, -0.2) is 0 Å². The second kappa shape index (κ2) is 48.7. The first-order valence-corrected chi connectivity index (χ1v) is 32.3. The number of ether oxygens (including phenoxy) is 4. The van der Waals surface area contributed by atoms with Gasteiger partial charge in [-0.3, -0.25) is 4.79 Å². The highest BCUT2D eigenvalue weighted by atomic mass is 16.7. The smallest absolute Gasteiger partial charge is 0.220 e. The molecule has 12 atom stereocenters. The number of carbonyl (C=O) groups excluding carboxylic acids is 1. The van der Waals surface area contributed by atoms with Crippen LogP contribution in [-0.2, 0) is 23.7 Å². The van der Waals surface area contributed by atoms with Crippen LogP contribution in [0.3, 0.4) is 0 Å². The fraction of sp³-hybridized carbons (Fsp3) is 0.984. The van der Waals surface area contributed by atoms with E-state index in [-0.39, 0.29) is 12.5 Å². The summed E-state index contributed by atoms with van der Waals surface area (Å²) in [6.45, 7) is 2.90. The molecule has 0 aromatic heterocycles. The molecule has 2 rings (SSSR count). The minimum Gasteiger partial charge on any atom is -0.394 e. The molecule has 1 amide bonds. The van der Waals surface area contributed by atoms with E-state index in [2.05, 4.69) is 19.2 Å². The molecule has 0 bridgehead atoms. The summed E-state index contributed by atoms with van der Waals surface area (Å²) in [7, 11) is 0. The van der Waals surface area contributed by atoms with Crippen molar-refractivity contribution in [1.82, 2.24) is 5.32 Å². The maximum absolute atomic E-state index is 13.3. The van der Waals surface area contributed by atoms with Crippen LogP contribution in [0.15, 0.2) is 0 Å². The van der Waals surface area contributed by atoms with Crippen LogP contribution >= 0.6 is 0 Å². The van der Waals surface area contributed by atoms with Crippen LogP contribution in [0.5, 0.6) is 0 Å². The zero-order valence-corrected chi connectivity index (χ0v) is 48.8. The van der Waals surface area contributed by atoms with Crippen LogP contribution < -0.4 is 5.32 Å². The summed E-state index contributed by atoms with van der Waals surface area (Å²) < 4.78 is 22.8. The summed E-state index contributed by atoms with van der Waals surface area (Å²) in [5.41, 5.74) is 0.